The van der Waals surface area contributed by atoms with Crippen molar-refractivity contribution in [3.63, 3.8) is 0 Å². The third kappa shape index (κ3) is 7.23. The second kappa shape index (κ2) is 7.22. The van der Waals surface area contributed by atoms with E-state index in [4.69, 9.17) is 5.11 Å². The first-order valence-corrected chi connectivity index (χ1v) is 5.54. The summed E-state index contributed by atoms with van der Waals surface area (Å²) in [5.41, 5.74) is -0.423. The highest BCUT2D eigenvalue weighted by Gasteiger charge is 2.20. The summed E-state index contributed by atoms with van der Waals surface area (Å²) in [6, 6.07) is 0. The van der Waals surface area contributed by atoms with Crippen molar-refractivity contribution in [2.24, 2.45) is 5.41 Å². The maximum absolute atomic E-state index is 11.4. The van der Waals surface area contributed by atoms with Crippen LogP contribution in [0.15, 0.2) is 0 Å². The van der Waals surface area contributed by atoms with Crippen LogP contribution in [-0.4, -0.2) is 36.6 Å². The zero-order valence-electron chi connectivity index (χ0n) is 10.3. The molecule has 5 nitrogen and oxygen atoms in total. The normalized spacial score (nSPS) is 11.0. The quantitative estimate of drug-likeness (QED) is 0.564. The van der Waals surface area contributed by atoms with Crippen LogP contribution in [0.25, 0.3) is 0 Å². The van der Waals surface area contributed by atoms with E-state index in [1.54, 1.807) is 0 Å². The molecule has 16 heavy (non-hydrogen) atoms. The summed E-state index contributed by atoms with van der Waals surface area (Å²) < 4.78 is 0. The Labute approximate surface area is 96.6 Å². The summed E-state index contributed by atoms with van der Waals surface area (Å²) in [6.45, 7) is 6.36. The Hall–Kier alpha value is -1.10. The predicted octanol–water partition coefficient (Wildman–Crippen LogP) is 0.0374. The van der Waals surface area contributed by atoms with E-state index in [9.17, 15) is 9.59 Å². The van der Waals surface area contributed by atoms with Crippen molar-refractivity contribution in [1.82, 2.24) is 10.6 Å². The lowest BCUT2D eigenvalue weighted by molar-refractivity contribution is -0.128. The molecule has 0 aliphatic carbocycles. The second-order valence-corrected chi connectivity index (χ2v) is 4.68. The number of amides is 2. The molecule has 2 amide bonds. The Morgan fingerprint density at radius 1 is 1.12 bits per heavy atom. The van der Waals surface area contributed by atoms with Crippen molar-refractivity contribution in [2.75, 3.05) is 19.7 Å². The van der Waals surface area contributed by atoms with Crippen LogP contribution in [0.3, 0.4) is 0 Å². The van der Waals surface area contributed by atoms with Gasteiger partial charge < -0.3 is 15.7 Å². The second-order valence-electron chi connectivity index (χ2n) is 4.68. The summed E-state index contributed by atoms with van der Waals surface area (Å²) in [6.07, 6.45) is 0.827. The van der Waals surface area contributed by atoms with Crippen LogP contribution in [-0.2, 0) is 9.59 Å². The molecule has 0 radical (unpaired) electrons. The van der Waals surface area contributed by atoms with Crippen LogP contribution < -0.4 is 10.6 Å². The van der Waals surface area contributed by atoms with Gasteiger partial charge in [0.05, 0.1) is 0 Å². The van der Waals surface area contributed by atoms with E-state index >= 15 is 0 Å². The number of rotatable bonds is 6. The summed E-state index contributed by atoms with van der Waals surface area (Å²) in [4.78, 5) is 22.6. The Bertz CT molecular complexity index is 234. The molecule has 0 saturated heterocycles. The lowest BCUT2D eigenvalue weighted by Crippen LogP contribution is -2.37. The van der Waals surface area contributed by atoms with Crippen molar-refractivity contribution in [3.8, 4) is 0 Å². The zero-order valence-corrected chi connectivity index (χ0v) is 10.3. The topological polar surface area (TPSA) is 78.4 Å². The predicted molar refractivity (Wildman–Crippen MR) is 61.8 cm³/mol. The highest BCUT2D eigenvalue weighted by molar-refractivity contribution is 5.82. The van der Waals surface area contributed by atoms with Crippen molar-refractivity contribution >= 4 is 11.8 Å². The van der Waals surface area contributed by atoms with Gasteiger partial charge in [-0.05, 0) is 6.42 Å². The van der Waals surface area contributed by atoms with Gasteiger partial charge in [-0.2, -0.15) is 0 Å². The molecular formula is C11H22N2O3. The number of nitrogens with one attached hydrogen (secondary N) is 2. The van der Waals surface area contributed by atoms with E-state index in [0.29, 0.717) is 19.5 Å². The lowest BCUT2D eigenvalue weighted by Gasteiger charge is -2.17. The fourth-order valence-electron chi connectivity index (χ4n) is 0.950. The Morgan fingerprint density at radius 3 is 2.25 bits per heavy atom. The molecule has 0 aliphatic rings. The molecular weight excluding hydrogens is 208 g/mol. The summed E-state index contributed by atoms with van der Waals surface area (Å²) in [5.74, 6) is -0.168. The Morgan fingerprint density at radius 2 is 1.75 bits per heavy atom. The third-order valence-electron chi connectivity index (χ3n) is 1.98. The van der Waals surface area contributed by atoms with Crippen molar-refractivity contribution in [2.45, 2.75) is 33.6 Å². The fraction of sp³-hybridized carbons (Fsp3) is 0.818. The fourth-order valence-corrected chi connectivity index (χ4v) is 0.950. The molecule has 0 rings (SSSR count). The number of carbonyl (C=O) groups is 2. The van der Waals surface area contributed by atoms with E-state index in [0.717, 1.165) is 0 Å². The molecule has 0 aromatic carbocycles. The van der Waals surface area contributed by atoms with E-state index in [1.165, 1.54) is 0 Å². The van der Waals surface area contributed by atoms with Crippen molar-refractivity contribution in [1.29, 1.82) is 0 Å². The van der Waals surface area contributed by atoms with Crippen molar-refractivity contribution < 1.29 is 14.7 Å². The Balaban J connectivity index is 3.59. The van der Waals surface area contributed by atoms with Crippen LogP contribution >= 0.6 is 0 Å². The van der Waals surface area contributed by atoms with E-state index in [2.05, 4.69) is 10.6 Å². The first kappa shape index (κ1) is 14.9. The molecule has 0 fully saturated rings. The van der Waals surface area contributed by atoms with Gasteiger partial charge in [-0.1, -0.05) is 20.8 Å². The van der Waals surface area contributed by atoms with Gasteiger partial charge in [0.1, 0.15) is 0 Å². The van der Waals surface area contributed by atoms with Crippen LogP contribution in [0.1, 0.15) is 33.6 Å². The molecule has 0 aromatic heterocycles. The summed E-state index contributed by atoms with van der Waals surface area (Å²) in [5, 5.41) is 13.8. The SMILES string of the molecule is CC(C)(C)C(=O)NCCC(=O)NCCCO. The maximum Gasteiger partial charge on any atom is 0.225 e. The van der Waals surface area contributed by atoms with Gasteiger partial charge >= 0.3 is 0 Å². The van der Waals surface area contributed by atoms with Gasteiger partial charge in [0, 0.05) is 31.5 Å². The van der Waals surface area contributed by atoms with Gasteiger partial charge in [0.15, 0.2) is 0 Å². The number of carbonyl (C=O) groups excluding carboxylic acids is 2. The largest absolute Gasteiger partial charge is 0.396 e. The smallest absolute Gasteiger partial charge is 0.225 e. The molecule has 0 aromatic rings. The molecule has 0 unspecified atom stereocenters. The molecule has 0 bridgehead atoms. The van der Waals surface area contributed by atoms with Gasteiger partial charge in [-0.15, -0.1) is 0 Å². The van der Waals surface area contributed by atoms with Crippen LogP contribution in [0.4, 0.5) is 0 Å². The number of hydrogen-bond acceptors (Lipinski definition) is 3. The molecule has 0 atom stereocenters. The van der Waals surface area contributed by atoms with Crippen molar-refractivity contribution in [3.05, 3.63) is 0 Å². The molecule has 0 aliphatic heterocycles. The number of hydrogen-bond donors (Lipinski definition) is 3. The first-order chi connectivity index (χ1) is 7.38. The monoisotopic (exact) mass is 230 g/mol. The molecule has 5 heteroatoms. The average molecular weight is 230 g/mol. The lowest BCUT2D eigenvalue weighted by atomic mass is 9.96. The van der Waals surface area contributed by atoms with Gasteiger partial charge in [-0.25, -0.2) is 0 Å². The van der Waals surface area contributed by atoms with Crippen LogP contribution in [0, 0.1) is 5.41 Å². The molecule has 0 heterocycles. The highest BCUT2D eigenvalue weighted by atomic mass is 16.3. The van der Waals surface area contributed by atoms with Gasteiger partial charge in [-0.3, -0.25) is 9.59 Å². The third-order valence-corrected chi connectivity index (χ3v) is 1.98. The standard InChI is InChI=1S/C11H22N2O3/c1-11(2,3)10(16)13-7-5-9(15)12-6-4-8-14/h14H,4-8H2,1-3H3,(H,12,15)(H,13,16). The summed E-state index contributed by atoms with van der Waals surface area (Å²) in [7, 11) is 0. The number of aliphatic hydroxyl groups excluding tert-OH is 1. The zero-order chi connectivity index (χ0) is 12.6. The average Bonchev–Trinajstić information content (AvgIpc) is 2.16. The first-order valence-electron chi connectivity index (χ1n) is 5.54. The minimum absolute atomic E-state index is 0.0596. The minimum Gasteiger partial charge on any atom is -0.396 e. The Kier molecular flexibility index (Phi) is 6.72. The van der Waals surface area contributed by atoms with Gasteiger partial charge in [0.2, 0.25) is 11.8 Å². The minimum atomic E-state index is -0.423. The maximum atomic E-state index is 11.4. The van der Waals surface area contributed by atoms with E-state index < -0.39 is 5.41 Å². The molecule has 0 saturated carbocycles. The van der Waals surface area contributed by atoms with E-state index in [1.807, 2.05) is 20.8 Å². The molecule has 94 valence electrons. The summed E-state index contributed by atoms with van der Waals surface area (Å²) >= 11 is 0. The van der Waals surface area contributed by atoms with E-state index in [-0.39, 0.29) is 24.8 Å². The highest BCUT2D eigenvalue weighted by Crippen LogP contribution is 2.11. The van der Waals surface area contributed by atoms with Gasteiger partial charge in [0.25, 0.3) is 0 Å². The van der Waals surface area contributed by atoms with Crippen LogP contribution in [0.2, 0.25) is 0 Å². The van der Waals surface area contributed by atoms with Crippen LogP contribution in [0.5, 0.6) is 0 Å². The molecule has 3 N–H and O–H groups in total. The number of aliphatic hydroxyl groups is 1. The molecule has 0 spiro atoms.